The molecule has 5 aromatic rings. The van der Waals surface area contributed by atoms with E-state index >= 15 is 0 Å². The van der Waals surface area contributed by atoms with Crippen molar-refractivity contribution in [1.82, 2.24) is 20.2 Å². The highest BCUT2D eigenvalue weighted by atomic mass is 31.1. The van der Waals surface area contributed by atoms with Crippen LogP contribution in [0.1, 0.15) is 5.69 Å². The summed E-state index contributed by atoms with van der Waals surface area (Å²) in [6, 6.07) is 19.1. The second-order valence-corrected chi connectivity index (χ2v) is 8.53. The van der Waals surface area contributed by atoms with E-state index in [2.05, 4.69) is 64.3 Å². The predicted octanol–water partition coefficient (Wildman–Crippen LogP) is 5.67. The van der Waals surface area contributed by atoms with Gasteiger partial charge in [-0.05, 0) is 36.5 Å². The number of hydrogen-bond donors (Lipinski definition) is 1. The van der Waals surface area contributed by atoms with Crippen LogP contribution in [0.4, 0.5) is 0 Å². The van der Waals surface area contributed by atoms with Crippen LogP contribution in [0.25, 0.3) is 43.8 Å². The molecular weight excluding hydrogens is 339 g/mol. The standard InChI is InChI=1S/C21H17N4P/c1-13-12-18(25-24-13)17-10-11-22-21(23-17)16-8-5-7-15-14-6-3-4-9-19(14)26(2)20(15)16/h3-12H,1-2H3,(H,24,25). The molecule has 0 saturated heterocycles. The van der Waals surface area contributed by atoms with Gasteiger partial charge in [0.05, 0.1) is 5.69 Å². The molecule has 0 bridgehead atoms. The lowest BCUT2D eigenvalue weighted by Crippen LogP contribution is -1.92. The Morgan fingerprint density at radius 1 is 0.923 bits per heavy atom. The van der Waals surface area contributed by atoms with Gasteiger partial charge in [-0.25, -0.2) is 9.97 Å². The molecule has 0 radical (unpaired) electrons. The van der Waals surface area contributed by atoms with Gasteiger partial charge in [-0.1, -0.05) is 42.5 Å². The van der Waals surface area contributed by atoms with Crippen molar-refractivity contribution in [3.8, 4) is 22.8 Å². The van der Waals surface area contributed by atoms with Gasteiger partial charge in [0, 0.05) is 27.7 Å². The lowest BCUT2D eigenvalue weighted by molar-refractivity contribution is 1.04. The molecule has 5 heteroatoms. The van der Waals surface area contributed by atoms with Gasteiger partial charge in [-0.15, -0.1) is 7.53 Å². The molecule has 0 spiro atoms. The third kappa shape index (κ3) is 2.27. The fourth-order valence-corrected chi connectivity index (χ4v) is 5.80. The summed E-state index contributed by atoms with van der Waals surface area (Å²) in [5.74, 6) is 0.766. The zero-order valence-corrected chi connectivity index (χ0v) is 15.5. The Kier molecular flexibility index (Phi) is 3.41. The van der Waals surface area contributed by atoms with Crippen LogP contribution in [0.5, 0.6) is 0 Å². The normalized spacial score (nSPS) is 12.2. The maximum absolute atomic E-state index is 4.82. The Labute approximate surface area is 152 Å². The molecular formula is C21H17N4P. The van der Waals surface area contributed by atoms with Crippen LogP contribution >= 0.6 is 7.53 Å². The van der Waals surface area contributed by atoms with Crippen molar-refractivity contribution in [2.45, 2.75) is 6.92 Å². The maximum Gasteiger partial charge on any atom is 0.160 e. The van der Waals surface area contributed by atoms with E-state index in [4.69, 9.17) is 4.98 Å². The van der Waals surface area contributed by atoms with Gasteiger partial charge in [-0.3, -0.25) is 5.10 Å². The number of fused-ring (bicyclic) bond motifs is 3. The Hall–Kier alpha value is -2.97. The molecule has 0 amide bonds. The van der Waals surface area contributed by atoms with Crippen molar-refractivity contribution in [2.24, 2.45) is 6.66 Å². The second-order valence-electron chi connectivity index (χ2n) is 6.48. The molecule has 0 saturated carbocycles. The van der Waals surface area contributed by atoms with Gasteiger partial charge in [0.15, 0.2) is 5.82 Å². The molecule has 126 valence electrons. The molecule has 5 rings (SSSR count). The summed E-state index contributed by atoms with van der Waals surface area (Å²) in [6.07, 6.45) is 1.82. The summed E-state index contributed by atoms with van der Waals surface area (Å²) in [6.45, 7) is 4.31. The second kappa shape index (κ2) is 5.79. The average molecular weight is 356 g/mol. The number of nitrogens with one attached hydrogen (secondary N) is 1. The minimum Gasteiger partial charge on any atom is -0.282 e. The van der Waals surface area contributed by atoms with Gasteiger partial charge in [-0.2, -0.15) is 5.10 Å². The molecule has 3 heterocycles. The third-order valence-electron chi connectivity index (χ3n) is 4.79. The third-order valence-corrected chi connectivity index (χ3v) is 7.06. The lowest BCUT2D eigenvalue weighted by Gasteiger charge is -2.05. The largest absolute Gasteiger partial charge is 0.282 e. The van der Waals surface area contributed by atoms with E-state index in [9.17, 15) is 0 Å². The summed E-state index contributed by atoms with van der Waals surface area (Å²) >= 11 is 0. The summed E-state index contributed by atoms with van der Waals surface area (Å²) in [5.41, 5.74) is 3.84. The molecule has 0 fully saturated rings. The Morgan fingerprint density at radius 2 is 1.77 bits per heavy atom. The predicted molar refractivity (Wildman–Crippen MR) is 108 cm³/mol. The van der Waals surface area contributed by atoms with Crippen molar-refractivity contribution in [3.05, 3.63) is 66.5 Å². The highest BCUT2D eigenvalue weighted by Gasteiger charge is 2.15. The number of benzene rings is 2. The first kappa shape index (κ1) is 15.3. The van der Waals surface area contributed by atoms with Crippen LogP contribution in [-0.4, -0.2) is 20.2 Å². The molecule has 2 aromatic carbocycles. The molecule has 0 aliphatic rings. The Bertz CT molecular complexity index is 1270. The fourth-order valence-electron chi connectivity index (χ4n) is 3.60. The van der Waals surface area contributed by atoms with E-state index in [0.29, 0.717) is 0 Å². The molecule has 0 aliphatic heterocycles. The van der Waals surface area contributed by atoms with Crippen LogP contribution in [-0.2, 0) is 6.66 Å². The fraction of sp³-hybridized carbons (Fsp3) is 0.0952. The van der Waals surface area contributed by atoms with Gasteiger partial charge < -0.3 is 0 Å². The van der Waals surface area contributed by atoms with Gasteiger partial charge in [0.2, 0.25) is 0 Å². The molecule has 1 atom stereocenters. The smallest absolute Gasteiger partial charge is 0.160 e. The van der Waals surface area contributed by atoms with E-state index in [-0.39, 0.29) is 0 Å². The molecule has 26 heavy (non-hydrogen) atoms. The zero-order valence-electron chi connectivity index (χ0n) is 14.6. The Balaban J connectivity index is 1.78. The van der Waals surface area contributed by atoms with E-state index < -0.39 is 7.53 Å². The SMILES string of the molecule is Cc1cc(-c2ccnc(-c3cccc4c5ccccc5p(C)c34)n2)n[nH]1. The van der Waals surface area contributed by atoms with Crippen LogP contribution < -0.4 is 0 Å². The van der Waals surface area contributed by atoms with E-state index in [0.717, 1.165) is 28.5 Å². The minimum absolute atomic E-state index is 0.403. The van der Waals surface area contributed by atoms with Crippen LogP contribution in [0, 0.1) is 6.92 Å². The quantitative estimate of drug-likeness (QED) is 0.443. The zero-order chi connectivity index (χ0) is 17.7. The molecule has 0 aliphatic carbocycles. The van der Waals surface area contributed by atoms with Gasteiger partial charge in [0.1, 0.15) is 5.69 Å². The number of hydrogen-bond acceptors (Lipinski definition) is 3. The van der Waals surface area contributed by atoms with Crippen molar-refractivity contribution in [1.29, 1.82) is 0 Å². The van der Waals surface area contributed by atoms with Crippen LogP contribution in [0.2, 0.25) is 0 Å². The van der Waals surface area contributed by atoms with Crippen molar-refractivity contribution in [3.63, 3.8) is 0 Å². The topological polar surface area (TPSA) is 54.5 Å². The maximum atomic E-state index is 4.82. The van der Waals surface area contributed by atoms with Crippen LogP contribution in [0.15, 0.2) is 60.8 Å². The van der Waals surface area contributed by atoms with Crippen molar-refractivity contribution >= 4 is 28.5 Å². The summed E-state index contributed by atoms with van der Waals surface area (Å²) < 4.78 is 0. The first-order valence-electron chi connectivity index (χ1n) is 8.54. The molecule has 4 nitrogen and oxygen atoms in total. The number of aromatic nitrogens is 4. The average Bonchev–Trinajstić information content (AvgIpc) is 3.24. The molecule has 1 unspecified atom stereocenters. The number of H-pyrrole nitrogens is 1. The van der Waals surface area contributed by atoms with Gasteiger partial charge >= 0.3 is 0 Å². The highest BCUT2D eigenvalue weighted by Crippen LogP contribution is 2.50. The van der Waals surface area contributed by atoms with Gasteiger partial charge in [0.25, 0.3) is 0 Å². The Morgan fingerprint density at radius 3 is 2.62 bits per heavy atom. The number of rotatable bonds is 2. The monoisotopic (exact) mass is 356 g/mol. The summed E-state index contributed by atoms with van der Waals surface area (Å²) in [4.78, 5) is 9.40. The van der Waals surface area contributed by atoms with Crippen molar-refractivity contribution < 1.29 is 0 Å². The summed E-state index contributed by atoms with van der Waals surface area (Å²) in [7, 11) is -0.403. The number of nitrogens with zero attached hydrogens (tertiary/aromatic N) is 3. The number of aryl methyl sites for hydroxylation is 2. The lowest BCUT2D eigenvalue weighted by atomic mass is 10.1. The van der Waals surface area contributed by atoms with Crippen molar-refractivity contribution in [2.75, 3.05) is 0 Å². The van der Waals surface area contributed by atoms with E-state index in [1.807, 2.05) is 25.3 Å². The summed E-state index contributed by atoms with van der Waals surface area (Å²) in [5, 5.41) is 12.8. The number of aromatic amines is 1. The highest BCUT2D eigenvalue weighted by molar-refractivity contribution is 7.60. The minimum atomic E-state index is -0.403. The molecule has 1 N–H and O–H groups in total. The van der Waals surface area contributed by atoms with Crippen LogP contribution in [0.3, 0.4) is 0 Å². The first-order valence-corrected chi connectivity index (χ1v) is 10.3. The molecule has 3 aromatic heterocycles. The first-order chi connectivity index (χ1) is 12.7. The van der Waals surface area contributed by atoms with E-state index in [1.165, 1.54) is 21.0 Å². The van der Waals surface area contributed by atoms with E-state index in [1.54, 1.807) is 0 Å².